The van der Waals surface area contributed by atoms with Crippen molar-refractivity contribution in [1.82, 2.24) is 0 Å². The molecule has 0 saturated heterocycles. The predicted octanol–water partition coefficient (Wildman–Crippen LogP) is 0.423. The maximum absolute atomic E-state index is 7.19. The van der Waals surface area contributed by atoms with E-state index in [1.807, 2.05) is 0 Å². The molecule has 2 nitrogen and oxygen atoms in total. The van der Waals surface area contributed by atoms with Crippen LogP contribution in [0.3, 0.4) is 0 Å². The molecule has 1 N–H and O–H groups in total. The quantitative estimate of drug-likeness (QED) is 0.205. The summed E-state index contributed by atoms with van der Waals surface area (Å²) in [6.45, 7) is 4.43. The number of rotatable bonds is 1. The molecule has 0 fully saturated rings. The van der Waals surface area contributed by atoms with Crippen LogP contribution in [0.1, 0.15) is 0 Å². The van der Waals surface area contributed by atoms with Crippen LogP contribution < -0.4 is 0 Å². The van der Waals surface area contributed by atoms with Crippen molar-refractivity contribution in [2.45, 2.75) is 0 Å². The van der Waals surface area contributed by atoms with Gasteiger partial charge in [-0.25, -0.2) is 5.26 Å². The summed E-state index contributed by atoms with van der Waals surface area (Å²) < 4.78 is 0. The van der Waals surface area contributed by atoms with Crippen LogP contribution in [-0.2, 0) is 4.89 Å². The minimum Gasteiger partial charge on any atom is -0.473 e. The van der Waals surface area contributed by atoms with Gasteiger partial charge in [0.15, 0.2) is 0 Å². The van der Waals surface area contributed by atoms with Gasteiger partial charge >= 0.3 is 0 Å². The molecule has 0 aliphatic carbocycles. The van der Waals surface area contributed by atoms with Crippen LogP contribution >= 0.6 is 0 Å². The van der Waals surface area contributed by atoms with Crippen molar-refractivity contribution in [3.8, 4) is 0 Å². The molecule has 0 rings (SSSR count). The second kappa shape index (κ2) is 2.50. The second-order valence-electron chi connectivity index (χ2n) is 0.241. The fourth-order valence-electron chi connectivity index (χ4n) is 0. The molecule has 4 heavy (non-hydrogen) atoms. The van der Waals surface area contributed by atoms with E-state index >= 15 is 0 Å². The Kier molecular flexibility index (Phi) is 2.19. The Morgan fingerprint density at radius 2 is 2.25 bits per heavy atom. The SMILES string of the molecule is [CH-]=COO. The largest absolute Gasteiger partial charge is 0.473 e. The van der Waals surface area contributed by atoms with Gasteiger partial charge in [0.25, 0.3) is 0 Å². The summed E-state index contributed by atoms with van der Waals surface area (Å²) in [4.78, 5) is 3.19. The Bertz CT molecular complexity index is 18.0. The smallest absolute Gasteiger partial charge is 0.0549 e. The van der Waals surface area contributed by atoms with E-state index in [1.165, 1.54) is 0 Å². The average molecular weight is 59.0 g/mol. The zero-order chi connectivity index (χ0) is 3.41. The predicted molar refractivity (Wildman–Crippen MR) is 12.6 cm³/mol. The van der Waals surface area contributed by atoms with E-state index in [2.05, 4.69) is 11.5 Å². The first-order valence-electron chi connectivity index (χ1n) is 0.752. The summed E-state index contributed by atoms with van der Waals surface area (Å²) in [6, 6.07) is 0. The van der Waals surface area contributed by atoms with Crippen molar-refractivity contribution < 1.29 is 10.1 Å². The van der Waals surface area contributed by atoms with E-state index in [0.29, 0.717) is 6.26 Å². The van der Waals surface area contributed by atoms with Crippen LogP contribution in [0.15, 0.2) is 6.26 Å². The van der Waals surface area contributed by atoms with Gasteiger partial charge in [-0.2, -0.15) is 0 Å². The van der Waals surface area contributed by atoms with Crippen LogP contribution in [0.25, 0.3) is 0 Å². The van der Waals surface area contributed by atoms with Gasteiger partial charge in [0.05, 0.1) is 0 Å². The van der Waals surface area contributed by atoms with Gasteiger partial charge < -0.3 is 11.5 Å². The van der Waals surface area contributed by atoms with Gasteiger partial charge in [-0.3, -0.25) is 0 Å². The molecule has 0 aromatic rings. The monoisotopic (exact) mass is 59.0 g/mol. The van der Waals surface area contributed by atoms with Crippen molar-refractivity contribution in [2.24, 2.45) is 0 Å². The molecule has 0 bridgehead atoms. The van der Waals surface area contributed by atoms with E-state index in [0.717, 1.165) is 0 Å². The third kappa shape index (κ3) is 1.50. The maximum Gasteiger partial charge on any atom is -0.0549 e. The maximum atomic E-state index is 7.19. The molecular weight excluding hydrogens is 56.0 g/mol. The zero-order valence-corrected chi connectivity index (χ0v) is 2.01. The van der Waals surface area contributed by atoms with E-state index in [4.69, 9.17) is 5.26 Å². The van der Waals surface area contributed by atoms with E-state index in [-0.39, 0.29) is 0 Å². The van der Waals surface area contributed by atoms with Crippen molar-refractivity contribution >= 4 is 0 Å². The Morgan fingerprint density at radius 1 is 2.00 bits per heavy atom. The molecule has 0 radical (unpaired) electrons. The minimum absolute atomic E-state index is 0.681. The van der Waals surface area contributed by atoms with Crippen LogP contribution in [0.2, 0.25) is 0 Å². The highest BCUT2D eigenvalue weighted by Crippen LogP contribution is 1.50. The van der Waals surface area contributed by atoms with E-state index in [9.17, 15) is 0 Å². The highest BCUT2D eigenvalue weighted by molar-refractivity contribution is 4.32. The summed E-state index contributed by atoms with van der Waals surface area (Å²) >= 11 is 0. The van der Waals surface area contributed by atoms with Gasteiger partial charge in [0.1, 0.15) is 0 Å². The lowest BCUT2D eigenvalue weighted by Gasteiger charge is -1.77. The Hall–Kier alpha value is -0.500. The summed E-state index contributed by atoms with van der Waals surface area (Å²) in [5.41, 5.74) is 0. The Labute approximate surface area is 24.3 Å². The first-order valence-corrected chi connectivity index (χ1v) is 0.752. The summed E-state index contributed by atoms with van der Waals surface area (Å²) in [5.74, 6) is 0. The standard InChI is InChI=1S/C2H3O2/c1-2-4-3/h1-3H/q-1. The van der Waals surface area contributed by atoms with Gasteiger partial charge in [0.2, 0.25) is 0 Å². The van der Waals surface area contributed by atoms with Crippen LogP contribution in [-0.4, -0.2) is 5.26 Å². The normalized spacial score (nSPS) is 5.25. The molecule has 0 amide bonds. The highest BCUT2D eigenvalue weighted by Gasteiger charge is 1.26. The van der Waals surface area contributed by atoms with E-state index in [1.54, 1.807) is 0 Å². The van der Waals surface area contributed by atoms with E-state index < -0.39 is 0 Å². The minimum atomic E-state index is 0.681. The van der Waals surface area contributed by atoms with Crippen LogP contribution in [0, 0.1) is 6.58 Å². The van der Waals surface area contributed by atoms with Gasteiger partial charge in [-0.05, 0) is 0 Å². The molecule has 2 heteroatoms. The molecule has 0 aliphatic rings. The summed E-state index contributed by atoms with van der Waals surface area (Å²) in [6.07, 6.45) is 0.681. The third-order valence-corrected chi connectivity index (χ3v) is 0.0609. The lowest BCUT2D eigenvalue weighted by atomic mass is 11.2. The molecule has 0 saturated carbocycles. The number of hydrogen-bond donors (Lipinski definition) is 1. The van der Waals surface area contributed by atoms with Gasteiger partial charge in [-0.15, -0.1) is 0 Å². The second-order valence-corrected chi connectivity index (χ2v) is 0.241. The molecule has 0 aromatic heterocycles. The molecule has 0 heterocycles. The van der Waals surface area contributed by atoms with Crippen LogP contribution in [0.5, 0.6) is 0 Å². The number of hydrogen-bond acceptors (Lipinski definition) is 2. The molecule has 0 unspecified atom stereocenters. The third-order valence-electron chi connectivity index (χ3n) is 0.0609. The van der Waals surface area contributed by atoms with Crippen molar-refractivity contribution in [3.05, 3.63) is 12.8 Å². The van der Waals surface area contributed by atoms with Crippen molar-refractivity contribution in [1.29, 1.82) is 0 Å². The molecule has 0 atom stereocenters. The Morgan fingerprint density at radius 3 is 2.25 bits per heavy atom. The van der Waals surface area contributed by atoms with Crippen LogP contribution in [0.4, 0.5) is 0 Å². The lowest BCUT2D eigenvalue weighted by molar-refractivity contribution is -0.186. The van der Waals surface area contributed by atoms with Gasteiger partial charge in [-0.1, -0.05) is 6.26 Å². The zero-order valence-electron chi connectivity index (χ0n) is 2.01. The average Bonchev–Trinajstić information content (AvgIpc) is 1.37. The molecule has 0 spiro atoms. The lowest BCUT2D eigenvalue weighted by Crippen LogP contribution is -1.56. The highest BCUT2D eigenvalue weighted by atomic mass is 17.1. The Balaban J connectivity index is 2.30. The topological polar surface area (TPSA) is 29.5 Å². The van der Waals surface area contributed by atoms with Crippen molar-refractivity contribution in [3.63, 3.8) is 0 Å². The summed E-state index contributed by atoms with van der Waals surface area (Å²) in [5, 5.41) is 7.19. The molecule has 24 valence electrons. The molecular formula is C2H3O2-. The van der Waals surface area contributed by atoms with Crippen molar-refractivity contribution in [2.75, 3.05) is 0 Å². The molecule has 0 aromatic carbocycles. The fraction of sp³-hybridized carbons (Fsp3) is 0. The first kappa shape index (κ1) is 3.50. The summed E-state index contributed by atoms with van der Waals surface area (Å²) in [7, 11) is 0. The first-order chi connectivity index (χ1) is 1.91. The fourth-order valence-corrected chi connectivity index (χ4v) is 0. The molecule has 0 aliphatic heterocycles. The van der Waals surface area contributed by atoms with Gasteiger partial charge in [0, 0.05) is 0 Å².